The molecule has 4 fully saturated rings. The quantitative estimate of drug-likeness (QED) is 0.163. The van der Waals surface area contributed by atoms with Gasteiger partial charge in [0.05, 0.1) is 0 Å². The molecule has 0 radical (unpaired) electrons. The van der Waals surface area contributed by atoms with Crippen LogP contribution in [0.15, 0.2) is 193 Å². The van der Waals surface area contributed by atoms with Crippen molar-refractivity contribution in [3.8, 4) is 66.8 Å². The van der Waals surface area contributed by atoms with Crippen LogP contribution >= 0.6 is 0 Å². The van der Waals surface area contributed by atoms with E-state index in [0.717, 1.165) is 23.5 Å². The number of hydrogen-bond donors (Lipinski definition) is 0. The second kappa shape index (κ2) is 19.3. The zero-order chi connectivity index (χ0) is 59.8. The van der Waals surface area contributed by atoms with Crippen molar-refractivity contribution in [2.45, 2.75) is 129 Å². The van der Waals surface area contributed by atoms with Crippen LogP contribution in [-0.2, 0) is 58.2 Å². The van der Waals surface area contributed by atoms with Crippen molar-refractivity contribution in [1.82, 2.24) is 19.6 Å². The molecule has 8 aromatic carbocycles. The molecular weight excluding hydrogens is 1250 g/mol. The van der Waals surface area contributed by atoms with Crippen molar-refractivity contribution >= 4 is 8.29 Å². The third kappa shape index (κ3) is 8.68. The van der Waals surface area contributed by atoms with Gasteiger partial charge in [-0.1, -0.05) is 83.1 Å². The van der Waals surface area contributed by atoms with Crippen molar-refractivity contribution in [2.75, 3.05) is 26.4 Å². The summed E-state index contributed by atoms with van der Waals surface area (Å²) in [7, 11) is 0. The molecule has 8 heterocycles. The molecule has 4 unspecified atom stereocenters. The molecule has 0 saturated carbocycles. The molecule has 0 aliphatic carbocycles. The molecule has 8 nitrogen and oxygen atoms in total. The molecule has 87 heavy (non-hydrogen) atoms. The number of benzene rings is 8. The number of ether oxygens (including phenoxy) is 4. The second-order valence-corrected chi connectivity index (χ2v) is 31.7. The maximum absolute atomic E-state index is 7.08. The van der Waals surface area contributed by atoms with Gasteiger partial charge in [-0.3, -0.25) is 0 Å². The van der Waals surface area contributed by atoms with E-state index in [1.54, 1.807) is 0 Å². The van der Waals surface area contributed by atoms with Gasteiger partial charge in [-0.25, -0.2) is 0 Å². The van der Waals surface area contributed by atoms with Crippen LogP contribution in [0.5, 0.6) is 0 Å². The van der Waals surface area contributed by atoms with Crippen LogP contribution in [0.1, 0.15) is 152 Å². The van der Waals surface area contributed by atoms with E-state index in [4.69, 9.17) is 18.9 Å². The SMILES string of the molecule is CC(C)(C)c1ccc(-c2cccc(-c3ccc(C(C)(C)C)cc3)c2-c2cc3cc(c2)C2COC4=C5OCC6c7cc(-c8c(-c9ccc(C(C)(C)C)cc9)cccc8-c8ccc(C(C)(C)C)cc8)cc(c7)C7COC8=C9OCC3N9[C](=[Pt]=[C](N42)N56)N87)cc1. The standard InChI is InChI=1S/C78H76N4O4.Pt/c1-75(2,3)57-27-19-47(20-28-57)61-15-13-16-62(48-21-29-58(30-22-48)76(4,5)6)69(61)55-37-51-35-52(38-55)66-42-84-72-74-82(46-80(66)72)68(44-86-74)54-36-53(67-43-85-73-71-79(45-81(67)73)65(51)41-83-71)39-56(40-54)70-63(49-23-31-59(32-24-49)77(7,8)9)17-14-18-64(70)50-25-33-60(34-26-50)78(10,11)12;/h13-40,65-68H,41-44H2,1-12H3;. The monoisotopic (exact) mass is 1330 g/mol. The van der Waals surface area contributed by atoms with Crippen LogP contribution in [0.3, 0.4) is 0 Å². The van der Waals surface area contributed by atoms with E-state index in [2.05, 4.69) is 273 Å². The molecule has 0 N–H and O–H groups in total. The van der Waals surface area contributed by atoms with Crippen molar-refractivity contribution < 1.29 is 36.6 Å². The van der Waals surface area contributed by atoms with E-state index < -0.39 is 17.6 Å². The molecule has 0 amide bonds. The Bertz CT molecular complexity index is 3800. The number of hydrogen-bond acceptors (Lipinski definition) is 8. The average Bonchev–Trinajstić information content (AvgIpc) is 1.55. The van der Waals surface area contributed by atoms with Crippen LogP contribution in [0.2, 0.25) is 0 Å². The summed E-state index contributed by atoms with van der Waals surface area (Å²) < 4.78 is 30.8. The first-order valence-corrected chi connectivity index (χ1v) is 33.4. The summed E-state index contributed by atoms with van der Waals surface area (Å²) in [6.07, 6.45) is 0. The zero-order valence-corrected chi connectivity index (χ0v) is 54.3. The predicted octanol–water partition coefficient (Wildman–Crippen LogP) is 17.6. The maximum atomic E-state index is 7.08. The topological polar surface area (TPSA) is 49.9 Å². The minimum absolute atomic E-state index is 0.0292. The Morgan fingerprint density at radius 3 is 0.747 bits per heavy atom. The molecule has 8 aromatic rings. The van der Waals surface area contributed by atoms with Crippen LogP contribution in [0.4, 0.5) is 0 Å². The second-order valence-electron chi connectivity index (χ2n) is 29.1. The van der Waals surface area contributed by atoms with Crippen LogP contribution in [0.25, 0.3) is 66.8 Å². The fraction of sp³-hybridized carbons (Fsp3) is 0.308. The fourth-order valence-electron chi connectivity index (χ4n) is 14.3. The fourth-order valence-corrected chi connectivity index (χ4v) is 18.2. The van der Waals surface area contributed by atoms with Crippen molar-refractivity contribution in [3.63, 3.8) is 0 Å². The number of rotatable bonds is 6. The van der Waals surface area contributed by atoms with Gasteiger partial charge in [0, 0.05) is 0 Å². The van der Waals surface area contributed by atoms with Crippen LogP contribution < -0.4 is 0 Å². The molecule has 4 atom stereocenters. The van der Waals surface area contributed by atoms with E-state index in [0.29, 0.717) is 26.4 Å². The Morgan fingerprint density at radius 1 is 0.299 bits per heavy atom. The van der Waals surface area contributed by atoms with Crippen molar-refractivity contribution in [1.29, 1.82) is 0 Å². The van der Waals surface area contributed by atoms with E-state index in [9.17, 15) is 0 Å². The van der Waals surface area contributed by atoms with E-state index in [-0.39, 0.29) is 45.8 Å². The van der Waals surface area contributed by atoms with E-state index in [1.807, 2.05) is 0 Å². The van der Waals surface area contributed by atoms with Gasteiger partial charge < -0.3 is 0 Å². The van der Waals surface area contributed by atoms with Crippen molar-refractivity contribution in [2.24, 2.45) is 0 Å². The van der Waals surface area contributed by atoms with Gasteiger partial charge in [-0.2, -0.15) is 0 Å². The first kappa shape index (κ1) is 54.5. The Hall–Kier alpha value is -7.93. The number of fused-ring (bicyclic) bond motifs is 8. The van der Waals surface area contributed by atoms with Crippen LogP contribution in [0, 0.1) is 0 Å². The molecule has 442 valence electrons. The minimum atomic E-state index is -0.945. The predicted molar refractivity (Wildman–Crippen MR) is 346 cm³/mol. The summed E-state index contributed by atoms with van der Waals surface area (Å²) in [6, 6.07) is 65.3. The first-order valence-electron chi connectivity index (χ1n) is 31.1. The number of nitrogens with zero attached hydrogens (tertiary/aromatic N) is 4. The summed E-state index contributed by atoms with van der Waals surface area (Å²) in [5.41, 5.74) is 24.6. The summed E-state index contributed by atoms with van der Waals surface area (Å²) in [4.78, 5) is 10.2. The van der Waals surface area contributed by atoms with Gasteiger partial charge in [-0.15, -0.1) is 0 Å². The van der Waals surface area contributed by atoms with Gasteiger partial charge in [0.2, 0.25) is 0 Å². The van der Waals surface area contributed by atoms with Crippen LogP contribution in [-0.4, -0.2) is 54.3 Å². The molecule has 6 bridgehead atoms. The third-order valence-electron chi connectivity index (χ3n) is 19.3. The molecule has 0 aromatic heterocycles. The molecule has 8 aliphatic heterocycles. The Labute approximate surface area is 521 Å². The van der Waals surface area contributed by atoms with Crippen molar-refractivity contribution in [3.05, 3.63) is 238 Å². The van der Waals surface area contributed by atoms with Gasteiger partial charge in [-0.05, 0) is 21.7 Å². The molecule has 4 saturated heterocycles. The van der Waals surface area contributed by atoms with Gasteiger partial charge >= 0.3 is 420 Å². The van der Waals surface area contributed by atoms with E-state index >= 15 is 0 Å². The molecular formula is C78H76N4O4Pt. The summed E-state index contributed by atoms with van der Waals surface area (Å²) in [6.45, 7) is 29.5. The first-order chi connectivity index (χ1) is 41.6. The van der Waals surface area contributed by atoms with Gasteiger partial charge in [0.25, 0.3) is 0 Å². The third-order valence-corrected chi connectivity index (χ3v) is 22.5. The normalized spacial score (nSPS) is 20.6. The molecule has 0 spiro atoms. The Morgan fingerprint density at radius 2 is 0.529 bits per heavy atom. The summed E-state index contributed by atoms with van der Waals surface area (Å²) in [5.74, 6) is 3.28. The molecule has 8 aliphatic rings. The molecule has 16 rings (SSSR count). The molecule has 9 heteroatoms. The Kier molecular flexibility index (Phi) is 12.1. The summed E-state index contributed by atoms with van der Waals surface area (Å²) >= 11 is -0.945. The van der Waals surface area contributed by atoms with Gasteiger partial charge in [0.15, 0.2) is 0 Å². The van der Waals surface area contributed by atoms with E-state index in [1.165, 1.54) is 120 Å². The Balaban J connectivity index is 0.883. The summed E-state index contributed by atoms with van der Waals surface area (Å²) in [5, 5.41) is 0. The zero-order valence-electron chi connectivity index (χ0n) is 52.0. The van der Waals surface area contributed by atoms with Gasteiger partial charge in [0.1, 0.15) is 0 Å². The average molecular weight is 1330 g/mol.